The first kappa shape index (κ1) is 15.3. The van der Waals surface area contributed by atoms with E-state index in [-0.39, 0.29) is 0 Å². The molecule has 0 spiro atoms. The number of methoxy groups -OCH3 is 1. The topological polar surface area (TPSA) is 30.5 Å². The van der Waals surface area contributed by atoms with Crippen LogP contribution < -0.4 is 14.8 Å². The van der Waals surface area contributed by atoms with Crippen LogP contribution in [0.2, 0.25) is 0 Å². The summed E-state index contributed by atoms with van der Waals surface area (Å²) in [5.74, 6) is 1.68. The molecule has 0 atom stereocenters. The zero-order valence-electron chi connectivity index (χ0n) is 11.2. The summed E-state index contributed by atoms with van der Waals surface area (Å²) in [6.45, 7) is 4.84. The van der Waals surface area contributed by atoms with Gasteiger partial charge in [-0.05, 0) is 47.1 Å². The van der Waals surface area contributed by atoms with Crippen molar-refractivity contribution in [2.75, 3.05) is 26.8 Å². The molecule has 1 aromatic carbocycles. The van der Waals surface area contributed by atoms with Crippen molar-refractivity contribution >= 4 is 15.9 Å². The molecule has 0 aliphatic rings. The van der Waals surface area contributed by atoms with Crippen LogP contribution >= 0.6 is 15.9 Å². The van der Waals surface area contributed by atoms with Gasteiger partial charge in [-0.2, -0.15) is 0 Å². The molecular weight excluding hydrogens is 294 g/mol. The standard InChI is InChI=1S/C14H22BrNO2/c1-3-4-5-8-16-9-10-18-14-7-6-12(17-2)11-13(14)15/h6-7,11,16H,3-5,8-10H2,1-2H3. The second-order valence-corrected chi connectivity index (χ2v) is 4.96. The van der Waals surface area contributed by atoms with Crippen LogP contribution in [0.15, 0.2) is 22.7 Å². The first-order valence-electron chi connectivity index (χ1n) is 6.45. The molecule has 4 heteroatoms. The molecule has 0 amide bonds. The zero-order chi connectivity index (χ0) is 13.2. The number of benzene rings is 1. The largest absolute Gasteiger partial charge is 0.497 e. The van der Waals surface area contributed by atoms with Crippen molar-refractivity contribution in [3.05, 3.63) is 22.7 Å². The third-order valence-electron chi connectivity index (χ3n) is 2.63. The Morgan fingerprint density at radius 3 is 2.72 bits per heavy atom. The quantitative estimate of drug-likeness (QED) is 0.706. The Bertz CT molecular complexity index is 345. The molecule has 0 aromatic heterocycles. The molecule has 1 N–H and O–H groups in total. The van der Waals surface area contributed by atoms with Gasteiger partial charge in [0.2, 0.25) is 0 Å². The van der Waals surface area contributed by atoms with E-state index in [1.165, 1.54) is 19.3 Å². The number of rotatable bonds is 9. The number of hydrogen-bond donors (Lipinski definition) is 1. The van der Waals surface area contributed by atoms with Gasteiger partial charge < -0.3 is 14.8 Å². The van der Waals surface area contributed by atoms with Gasteiger partial charge in [-0.3, -0.25) is 0 Å². The second kappa shape index (κ2) is 9.22. The van der Waals surface area contributed by atoms with Crippen molar-refractivity contribution in [2.45, 2.75) is 26.2 Å². The van der Waals surface area contributed by atoms with Crippen LogP contribution in [-0.4, -0.2) is 26.8 Å². The van der Waals surface area contributed by atoms with Gasteiger partial charge in [0.05, 0.1) is 11.6 Å². The molecule has 1 rings (SSSR count). The van der Waals surface area contributed by atoms with Crippen LogP contribution in [0.5, 0.6) is 11.5 Å². The maximum absolute atomic E-state index is 5.68. The highest BCUT2D eigenvalue weighted by Gasteiger charge is 2.02. The lowest BCUT2D eigenvalue weighted by Gasteiger charge is -2.10. The Kier molecular flexibility index (Phi) is 7.85. The van der Waals surface area contributed by atoms with Gasteiger partial charge in [0, 0.05) is 6.54 Å². The molecule has 0 radical (unpaired) electrons. The Morgan fingerprint density at radius 1 is 1.22 bits per heavy atom. The Labute approximate surface area is 118 Å². The molecule has 0 saturated carbocycles. The van der Waals surface area contributed by atoms with Crippen molar-refractivity contribution in [1.29, 1.82) is 0 Å². The minimum atomic E-state index is 0.678. The van der Waals surface area contributed by atoms with Gasteiger partial charge in [-0.15, -0.1) is 0 Å². The third kappa shape index (κ3) is 5.74. The Balaban J connectivity index is 2.19. The maximum Gasteiger partial charge on any atom is 0.133 e. The first-order valence-corrected chi connectivity index (χ1v) is 7.24. The summed E-state index contributed by atoms with van der Waals surface area (Å²) in [7, 11) is 1.66. The Hall–Kier alpha value is -0.740. The first-order chi connectivity index (χ1) is 8.77. The fourth-order valence-electron chi connectivity index (χ4n) is 1.58. The highest BCUT2D eigenvalue weighted by molar-refractivity contribution is 9.10. The fraction of sp³-hybridized carbons (Fsp3) is 0.571. The minimum absolute atomic E-state index is 0.678. The van der Waals surface area contributed by atoms with E-state index in [0.717, 1.165) is 29.1 Å². The molecule has 0 aliphatic heterocycles. The average molecular weight is 316 g/mol. The SMILES string of the molecule is CCCCCNCCOc1ccc(OC)cc1Br. The summed E-state index contributed by atoms with van der Waals surface area (Å²) in [5.41, 5.74) is 0. The highest BCUT2D eigenvalue weighted by Crippen LogP contribution is 2.28. The molecule has 0 fully saturated rings. The van der Waals surface area contributed by atoms with Crippen molar-refractivity contribution < 1.29 is 9.47 Å². The normalized spacial score (nSPS) is 10.4. The van der Waals surface area contributed by atoms with Crippen LogP contribution in [0.4, 0.5) is 0 Å². The molecule has 0 aliphatic carbocycles. The lowest BCUT2D eigenvalue weighted by Crippen LogP contribution is -2.22. The summed E-state index contributed by atoms with van der Waals surface area (Å²) in [6, 6.07) is 5.72. The molecular formula is C14H22BrNO2. The smallest absolute Gasteiger partial charge is 0.133 e. The van der Waals surface area contributed by atoms with Gasteiger partial charge in [-0.25, -0.2) is 0 Å². The van der Waals surface area contributed by atoms with Crippen molar-refractivity contribution in [1.82, 2.24) is 5.32 Å². The third-order valence-corrected chi connectivity index (χ3v) is 3.25. The van der Waals surface area contributed by atoms with Crippen molar-refractivity contribution in [3.63, 3.8) is 0 Å². The number of nitrogens with one attached hydrogen (secondary N) is 1. The van der Waals surface area contributed by atoms with Crippen molar-refractivity contribution in [3.8, 4) is 11.5 Å². The summed E-state index contributed by atoms with van der Waals surface area (Å²) < 4.78 is 11.7. The Morgan fingerprint density at radius 2 is 2.06 bits per heavy atom. The van der Waals surface area contributed by atoms with E-state index in [4.69, 9.17) is 9.47 Å². The molecule has 0 heterocycles. The molecule has 18 heavy (non-hydrogen) atoms. The van der Waals surface area contributed by atoms with E-state index < -0.39 is 0 Å². The number of unbranched alkanes of at least 4 members (excludes halogenated alkanes) is 2. The van der Waals surface area contributed by atoms with Crippen LogP contribution in [0.25, 0.3) is 0 Å². The van der Waals surface area contributed by atoms with Gasteiger partial charge in [0.15, 0.2) is 0 Å². The van der Waals surface area contributed by atoms with Crippen LogP contribution in [0.3, 0.4) is 0 Å². The van der Waals surface area contributed by atoms with Crippen LogP contribution in [0.1, 0.15) is 26.2 Å². The summed E-state index contributed by atoms with van der Waals surface area (Å²) in [6.07, 6.45) is 3.79. The fourth-order valence-corrected chi connectivity index (χ4v) is 2.06. The maximum atomic E-state index is 5.68. The molecule has 0 unspecified atom stereocenters. The molecule has 3 nitrogen and oxygen atoms in total. The predicted molar refractivity (Wildman–Crippen MR) is 78.6 cm³/mol. The van der Waals surface area contributed by atoms with Gasteiger partial charge in [-0.1, -0.05) is 19.8 Å². The van der Waals surface area contributed by atoms with E-state index in [1.54, 1.807) is 7.11 Å². The highest BCUT2D eigenvalue weighted by atomic mass is 79.9. The monoisotopic (exact) mass is 315 g/mol. The van der Waals surface area contributed by atoms with Gasteiger partial charge in [0.1, 0.15) is 18.1 Å². The van der Waals surface area contributed by atoms with E-state index in [0.29, 0.717) is 6.61 Å². The number of hydrogen-bond acceptors (Lipinski definition) is 3. The minimum Gasteiger partial charge on any atom is -0.497 e. The summed E-state index contributed by atoms with van der Waals surface area (Å²) >= 11 is 3.47. The zero-order valence-corrected chi connectivity index (χ0v) is 12.8. The van der Waals surface area contributed by atoms with Crippen LogP contribution in [-0.2, 0) is 0 Å². The van der Waals surface area contributed by atoms with E-state index in [2.05, 4.69) is 28.2 Å². The number of halogens is 1. The average Bonchev–Trinajstić information content (AvgIpc) is 2.39. The van der Waals surface area contributed by atoms with E-state index in [9.17, 15) is 0 Å². The predicted octanol–water partition coefficient (Wildman–Crippen LogP) is 3.62. The lowest BCUT2D eigenvalue weighted by atomic mass is 10.2. The van der Waals surface area contributed by atoms with Crippen LogP contribution in [0, 0.1) is 0 Å². The van der Waals surface area contributed by atoms with E-state index in [1.807, 2.05) is 18.2 Å². The lowest BCUT2D eigenvalue weighted by molar-refractivity contribution is 0.311. The molecule has 1 aromatic rings. The molecule has 0 saturated heterocycles. The second-order valence-electron chi connectivity index (χ2n) is 4.10. The summed E-state index contributed by atoms with van der Waals surface area (Å²) in [4.78, 5) is 0. The van der Waals surface area contributed by atoms with Gasteiger partial charge >= 0.3 is 0 Å². The van der Waals surface area contributed by atoms with E-state index >= 15 is 0 Å². The molecule has 0 bridgehead atoms. The van der Waals surface area contributed by atoms with Crippen molar-refractivity contribution in [2.24, 2.45) is 0 Å². The summed E-state index contributed by atoms with van der Waals surface area (Å²) in [5, 5.41) is 3.37. The molecule has 102 valence electrons. The number of ether oxygens (including phenoxy) is 2. The van der Waals surface area contributed by atoms with Gasteiger partial charge in [0.25, 0.3) is 0 Å².